The van der Waals surface area contributed by atoms with E-state index in [9.17, 15) is 0 Å². The molecule has 0 amide bonds. The first-order valence-corrected chi connectivity index (χ1v) is 16.3. The predicted molar refractivity (Wildman–Crippen MR) is 198 cm³/mol. The van der Waals surface area contributed by atoms with Crippen LogP contribution in [-0.2, 0) is 26.5 Å². The van der Waals surface area contributed by atoms with Crippen molar-refractivity contribution in [1.29, 1.82) is 0 Å². The molecule has 0 saturated heterocycles. The van der Waals surface area contributed by atoms with Crippen molar-refractivity contribution in [1.82, 2.24) is 15.0 Å². The van der Waals surface area contributed by atoms with Crippen LogP contribution in [0.4, 0.5) is 0 Å². The Labute approximate surface area is 301 Å². The number of benzene rings is 4. The SMILES string of the molecule is Cc1c[c-]c(-c2ccc(CC(C)(C)C)cn2)cc1.Cc1ccc2ccncc2c1-c1cccc2c1oc1c(-c3ccccn3)[c-]ccc12.[Ir]. The molecule has 5 heteroatoms. The van der Waals surface area contributed by atoms with E-state index < -0.39 is 0 Å². The maximum Gasteiger partial charge on any atom is 0.128 e. The fourth-order valence-corrected chi connectivity index (χ4v) is 6.25. The molecular formula is C44H37IrN3O-2. The molecular weight excluding hydrogens is 779 g/mol. The van der Waals surface area contributed by atoms with E-state index in [0.29, 0.717) is 5.41 Å². The third-order valence-electron chi connectivity index (χ3n) is 8.48. The van der Waals surface area contributed by atoms with Crippen LogP contribution in [0, 0.1) is 31.4 Å². The molecule has 49 heavy (non-hydrogen) atoms. The second-order valence-electron chi connectivity index (χ2n) is 13.5. The summed E-state index contributed by atoms with van der Waals surface area (Å²) in [7, 11) is 0. The molecule has 245 valence electrons. The molecule has 1 radical (unpaired) electrons. The molecule has 0 N–H and O–H groups in total. The number of furan rings is 1. The van der Waals surface area contributed by atoms with E-state index in [1.54, 1.807) is 6.20 Å². The van der Waals surface area contributed by atoms with Gasteiger partial charge in [-0.1, -0.05) is 93.2 Å². The third kappa shape index (κ3) is 7.24. The molecule has 4 aromatic heterocycles. The van der Waals surface area contributed by atoms with Gasteiger partial charge >= 0.3 is 0 Å². The summed E-state index contributed by atoms with van der Waals surface area (Å²) in [5.41, 5.74) is 11.7. The molecule has 0 atom stereocenters. The standard InChI is InChI=1S/C27H17N2O.C17H20N.Ir/c1-17-11-12-18-13-15-28-16-23(18)25(17)22-9-5-7-20-19-6-4-8-21(26(19)30-27(20)22)24-10-2-3-14-29-24;1-13-5-8-15(9-6-13)16-10-7-14(12-18-16)11-17(2,3)4;/h2-7,9-16H,1H3;5-8,10,12H,11H2,1-4H3;/q2*-1;. The third-order valence-corrected chi connectivity index (χ3v) is 8.48. The normalized spacial score (nSPS) is 11.3. The van der Waals surface area contributed by atoms with Gasteiger partial charge in [-0.05, 0) is 64.4 Å². The maximum absolute atomic E-state index is 6.54. The summed E-state index contributed by atoms with van der Waals surface area (Å²) in [6.07, 6.45) is 8.60. The van der Waals surface area contributed by atoms with Crippen LogP contribution in [0.2, 0.25) is 0 Å². The largest absolute Gasteiger partial charge is 0.500 e. The number of pyridine rings is 3. The minimum absolute atomic E-state index is 0. The molecule has 4 aromatic carbocycles. The van der Waals surface area contributed by atoms with Crippen molar-refractivity contribution in [2.24, 2.45) is 5.41 Å². The molecule has 0 saturated carbocycles. The predicted octanol–water partition coefficient (Wildman–Crippen LogP) is 11.4. The fourth-order valence-electron chi connectivity index (χ4n) is 6.25. The second kappa shape index (κ2) is 14.3. The van der Waals surface area contributed by atoms with Gasteiger partial charge in [-0.25, -0.2) is 0 Å². The van der Waals surface area contributed by atoms with Crippen LogP contribution < -0.4 is 0 Å². The monoisotopic (exact) mass is 816 g/mol. The minimum atomic E-state index is 0. The van der Waals surface area contributed by atoms with Crippen LogP contribution in [0.15, 0.2) is 126 Å². The fraction of sp³-hybridized carbons (Fsp3) is 0.159. The first-order chi connectivity index (χ1) is 23.2. The Kier molecular flexibility index (Phi) is 9.87. The van der Waals surface area contributed by atoms with Gasteiger partial charge in [-0.2, -0.15) is 0 Å². The molecule has 8 aromatic rings. The van der Waals surface area contributed by atoms with E-state index in [2.05, 4.69) is 122 Å². The van der Waals surface area contributed by atoms with Gasteiger partial charge in [-0.3, -0.25) is 4.98 Å². The van der Waals surface area contributed by atoms with Gasteiger partial charge in [0.1, 0.15) is 5.58 Å². The Hall–Kier alpha value is -4.96. The molecule has 0 aliphatic carbocycles. The molecule has 0 aliphatic rings. The molecule has 0 spiro atoms. The summed E-state index contributed by atoms with van der Waals surface area (Å²) in [6.45, 7) is 10.9. The number of aromatic nitrogens is 3. The number of hydrogen-bond acceptors (Lipinski definition) is 4. The van der Waals surface area contributed by atoms with Crippen LogP contribution in [-0.4, -0.2) is 15.0 Å². The van der Waals surface area contributed by atoms with Crippen LogP contribution in [0.1, 0.15) is 37.5 Å². The van der Waals surface area contributed by atoms with E-state index >= 15 is 0 Å². The van der Waals surface area contributed by atoms with Gasteiger partial charge in [0.15, 0.2) is 0 Å². The van der Waals surface area contributed by atoms with E-state index in [1.807, 2.05) is 55.0 Å². The van der Waals surface area contributed by atoms with Crippen LogP contribution >= 0.6 is 0 Å². The first kappa shape index (κ1) is 33.9. The van der Waals surface area contributed by atoms with Crippen LogP contribution in [0.5, 0.6) is 0 Å². The van der Waals surface area contributed by atoms with Crippen molar-refractivity contribution in [2.75, 3.05) is 0 Å². The Morgan fingerprint density at radius 3 is 2.29 bits per heavy atom. The van der Waals surface area contributed by atoms with Crippen molar-refractivity contribution in [3.05, 3.63) is 151 Å². The summed E-state index contributed by atoms with van der Waals surface area (Å²) < 4.78 is 6.54. The van der Waals surface area contributed by atoms with Crippen molar-refractivity contribution in [2.45, 2.75) is 41.0 Å². The smallest absolute Gasteiger partial charge is 0.128 e. The van der Waals surface area contributed by atoms with Gasteiger partial charge in [0.25, 0.3) is 0 Å². The first-order valence-electron chi connectivity index (χ1n) is 16.3. The second-order valence-corrected chi connectivity index (χ2v) is 13.5. The van der Waals surface area contributed by atoms with Gasteiger partial charge in [0.2, 0.25) is 0 Å². The zero-order chi connectivity index (χ0) is 33.3. The Morgan fingerprint density at radius 2 is 1.55 bits per heavy atom. The molecule has 0 unspecified atom stereocenters. The summed E-state index contributed by atoms with van der Waals surface area (Å²) in [6, 6.07) is 39.6. The number of aryl methyl sites for hydroxylation is 2. The quantitative estimate of drug-likeness (QED) is 0.166. The average molecular weight is 816 g/mol. The zero-order valence-electron chi connectivity index (χ0n) is 28.3. The van der Waals surface area contributed by atoms with Crippen molar-refractivity contribution in [3.8, 4) is 33.6 Å². The molecule has 0 bridgehead atoms. The minimum Gasteiger partial charge on any atom is -0.500 e. The summed E-state index contributed by atoms with van der Waals surface area (Å²) in [5.74, 6) is 0. The molecule has 8 rings (SSSR count). The van der Waals surface area contributed by atoms with Crippen LogP contribution in [0.3, 0.4) is 0 Å². The van der Waals surface area contributed by atoms with E-state index in [-0.39, 0.29) is 20.1 Å². The van der Waals surface area contributed by atoms with Crippen molar-refractivity contribution >= 4 is 32.7 Å². The Bertz CT molecular complexity index is 2350. The van der Waals surface area contributed by atoms with Crippen LogP contribution in [0.25, 0.3) is 66.4 Å². The number of rotatable bonds is 4. The van der Waals surface area contributed by atoms with E-state index in [0.717, 1.165) is 67.4 Å². The molecule has 0 aliphatic heterocycles. The number of nitrogens with zero attached hydrogens (tertiary/aromatic N) is 3. The van der Waals surface area contributed by atoms with Gasteiger partial charge < -0.3 is 14.4 Å². The average Bonchev–Trinajstić information content (AvgIpc) is 3.49. The summed E-state index contributed by atoms with van der Waals surface area (Å²) in [5, 5.41) is 4.46. The zero-order valence-corrected chi connectivity index (χ0v) is 30.7. The Morgan fingerprint density at radius 1 is 0.694 bits per heavy atom. The van der Waals surface area contributed by atoms with Crippen molar-refractivity contribution in [3.63, 3.8) is 0 Å². The molecule has 4 nitrogen and oxygen atoms in total. The topological polar surface area (TPSA) is 51.8 Å². The van der Waals surface area contributed by atoms with Gasteiger partial charge in [0, 0.05) is 61.2 Å². The molecule has 4 heterocycles. The number of hydrogen-bond donors (Lipinski definition) is 0. The van der Waals surface area contributed by atoms with E-state index in [4.69, 9.17) is 4.42 Å². The Balaban J connectivity index is 0.000000189. The number of fused-ring (bicyclic) bond motifs is 4. The maximum atomic E-state index is 6.54. The summed E-state index contributed by atoms with van der Waals surface area (Å²) >= 11 is 0. The summed E-state index contributed by atoms with van der Waals surface area (Å²) in [4.78, 5) is 13.4. The van der Waals surface area contributed by atoms with Gasteiger partial charge in [0.05, 0.1) is 5.58 Å². The van der Waals surface area contributed by atoms with Crippen molar-refractivity contribution < 1.29 is 24.5 Å². The van der Waals surface area contributed by atoms with E-state index in [1.165, 1.54) is 22.1 Å². The molecule has 0 fully saturated rings. The number of para-hydroxylation sites is 1. The van der Waals surface area contributed by atoms with Gasteiger partial charge in [-0.15, -0.1) is 53.6 Å².